The highest BCUT2D eigenvalue weighted by atomic mass is 127. The topological polar surface area (TPSA) is 35.5 Å². The van der Waals surface area contributed by atoms with Gasteiger partial charge in [-0.05, 0) is 76.2 Å². The Morgan fingerprint density at radius 1 is 1.33 bits per heavy atom. The predicted molar refractivity (Wildman–Crippen MR) is 101 cm³/mol. The number of benzene rings is 2. The van der Waals surface area contributed by atoms with Crippen molar-refractivity contribution in [3.63, 3.8) is 0 Å². The summed E-state index contributed by atoms with van der Waals surface area (Å²) in [5, 5.41) is -0.264. The van der Waals surface area contributed by atoms with Crippen molar-refractivity contribution in [2.45, 2.75) is 6.61 Å². The van der Waals surface area contributed by atoms with Crippen LogP contribution in [0.4, 0.5) is 4.39 Å². The highest BCUT2D eigenvalue weighted by molar-refractivity contribution is 14.1. The van der Waals surface area contributed by atoms with Gasteiger partial charge in [0, 0.05) is 5.56 Å². The van der Waals surface area contributed by atoms with Crippen LogP contribution in [0, 0.1) is 9.39 Å². The molecule has 24 heavy (non-hydrogen) atoms. The monoisotopic (exact) mass is 480 g/mol. The van der Waals surface area contributed by atoms with Gasteiger partial charge in [-0.25, -0.2) is 4.39 Å². The molecule has 2 aromatic carbocycles. The van der Waals surface area contributed by atoms with E-state index in [1.165, 1.54) is 25.3 Å². The van der Waals surface area contributed by atoms with Gasteiger partial charge in [-0.1, -0.05) is 17.7 Å². The Balaban J connectivity index is 2.24. The number of carbonyl (C=O) groups excluding carboxylic acids is 1. The van der Waals surface area contributed by atoms with Crippen molar-refractivity contribution in [1.82, 2.24) is 0 Å². The molecule has 0 aromatic heterocycles. The van der Waals surface area contributed by atoms with Crippen molar-refractivity contribution >= 4 is 57.1 Å². The molecular formula is C17H12Cl2FIO3. The van der Waals surface area contributed by atoms with Gasteiger partial charge in [0.05, 0.1) is 15.7 Å². The summed E-state index contributed by atoms with van der Waals surface area (Å²) in [6.45, 7) is 0.167. The molecule has 0 aliphatic heterocycles. The Hall–Kier alpha value is -1.31. The number of hydrogen-bond donors (Lipinski definition) is 0. The minimum Gasteiger partial charge on any atom is -0.493 e. The summed E-state index contributed by atoms with van der Waals surface area (Å²) in [5.74, 6) is 0.635. The molecule has 0 saturated carbocycles. The maximum Gasteiger partial charge on any atom is 0.245 e. The first kappa shape index (κ1) is 19.0. The van der Waals surface area contributed by atoms with E-state index in [4.69, 9.17) is 32.7 Å². The van der Waals surface area contributed by atoms with Crippen LogP contribution in [0.1, 0.15) is 11.1 Å². The molecule has 0 spiro atoms. The molecule has 0 bridgehead atoms. The molecular weight excluding hydrogens is 469 g/mol. The minimum absolute atomic E-state index is 0.167. The number of halogens is 4. The third-order valence-electron chi connectivity index (χ3n) is 3.05. The van der Waals surface area contributed by atoms with Crippen LogP contribution in [-0.2, 0) is 11.4 Å². The molecule has 0 amide bonds. The van der Waals surface area contributed by atoms with Crippen LogP contribution in [0.3, 0.4) is 0 Å². The lowest BCUT2D eigenvalue weighted by Gasteiger charge is -2.14. The van der Waals surface area contributed by atoms with E-state index >= 15 is 0 Å². The van der Waals surface area contributed by atoms with Gasteiger partial charge in [0.25, 0.3) is 0 Å². The average molecular weight is 481 g/mol. The van der Waals surface area contributed by atoms with Gasteiger partial charge in [-0.2, -0.15) is 0 Å². The Morgan fingerprint density at radius 2 is 2.08 bits per heavy atom. The van der Waals surface area contributed by atoms with Crippen molar-refractivity contribution in [1.29, 1.82) is 0 Å². The second-order valence-electron chi connectivity index (χ2n) is 4.70. The summed E-state index contributed by atoms with van der Waals surface area (Å²) in [5.41, 5.74) is 1.41. The van der Waals surface area contributed by atoms with Crippen LogP contribution in [0.25, 0.3) is 6.08 Å². The summed E-state index contributed by atoms with van der Waals surface area (Å²) in [7, 11) is 1.52. The summed E-state index contributed by atoms with van der Waals surface area (Å²) in [4.78, 5) is 10.8. The van der Waals surface area contributed by atoms with E-state index in [-0.39, 0.29) is 6.61 Å². The Morgan fingerprint density at radius 3 is 2.71 bits per heavy atom. The largest absolute Gasteiger partial charge is 0.493 e. The quantitative estimate of drug-likeness (QED) is 0.313. The molecule has 0 aliphatic rings. The highest BCUT2D eigenvalue weighted by Crippen LogP contribution is 2.35. The zero-order valence-electron chi connectivity index (χ0n) is 12.5. The van der Waals surface area contributed by atoms with E-state index in [9.17, 15) is 9.18 Å². The molecule has 0 N–H and O–H groups in total. The smallest absolute Gasteiger partial charge is 0.245 e. The normalized spacial score (nSPS) is 10.9. The zero-order valence-corrected chi connectivity index (χ0v) is 16.2. The molecule has 0 unspecified atom stereocenters. The number of rotatable bonds is 6. The summed E-state index contributed by atoms with van der Waals surface area (Å²) in [6, 6.07) is 7.67. The van der Waals surface area contributed by atoms with Gasteiger partial charge in [0.15, 0.2) is 11.5 Å². The van der Waals surface area contributed by atoms with E-state index < -0.39 is 11.1 Å². The lowest BCUT2D eigenvalue weighted by atomic mass is 10.2. The number of hydrogen-bond acceptors (Lipinski definition) is 3. The molecule has 0 heterocycles. The van der Waals surface area contributed by atoms with Gasteiger partial charge < -0.3 is 9.47 Å². The van der Waals surface area contributed by atoms with Crippen LogP contribution < -0.4 is 9.47 Å². The van der Waals surface area contributed by atoms with Gasteiger partial charge in [-0.15, -0.1) is 0 Å². The van der Waals surface area contributed by atoms with Crippen molar-refractivity contribution in [3.05, 3.63) is 61.9 Å². The van der Waals surface area contributed by atoms with E-state index in [2.05, 4.69) is 22.6 Å². The second-order valence-corrected chi connectivity index (χ2v) is 6.64. The second kappa shape index (κ2) is 8.69. The zero-order chi connectivity index (χ0) is 17.7. The Kier molecular flexibility index (Phi) is 6.89. The van der Waals surface area contributed by atoms with E-state index in [1.54, 1.807) is 18.2 Å². The van der Waals surface area contributed by atoms with Crippen LogP contribution in [0.5, 0.6) is 11.5 Å². The van der Waals surface area contributed by atoms with E-state index in [0.29, 0.717) is 22.1 Å². The Labute approximate surface area is 162 Å². The number of carbonyl (C=O) groups is 1. The fourth-order valence-electron chi connectivity index (χ4n) is 1.93. The summed E-state index contributed by atoms with van der Waals surface area (Å²) < 4.78 is 25.0. The molecule has 2 rings (SSSR count). The molecule has 7 heteroatoms. The molecule has 0 radical (unpaired) electrons. The number of allylic oxidation sites excluding steroid dienone is 1. The van der Waals surface area contributed by atoms with Gasteiger partial charge in [0.2, 0.25) is 5.24 Å². The third kappa shape index (κ3) is 5.09. The molecule has 0 fully saturated rings. The van der Waals surface area contributed by atoms with Crippen molar-refractivity contribution in [2.75, 3.05) is 7.11 Å². The average Bonchev–Trinajstić information content (AvgIpc) is 2.52. The summed E-state index contributed by atoms with van der Waals surface area (Å²) >= 11 is 13.4. The van der Waals surface area contributed by atoms with Crippen LogP contribution in [-0.4, -0.2) is 12.4 Å². The van der Waals surface area contributed by atoms with E-state index in [1.807, 2.05) is 6.07 Å². The lowest BCUT2D eigenvalue weighted by Crippen LogP contribution is -2.01. The van der Waals surface area contributed by atoms with Crippen molar-refractivity contribution < 1.29 is 18.7 Å². The standard InChI is InChI=1S/C17H12Cl2FIO3/c1-23-15-7-10(2-5-16(19)22)6-14(21)17(15)24-9-11-3-4-12(20)8-13(11)18/h2-8H,9H2,1H3/b5-2+. The first-order chi connectivity index (χ1) is 11.4. The van der Waals surface area contributed by atoms with Gasteiger partial charge in [0.1, 0.15) is 12.4 Å². The summed E-state index contributed by atoms with van der Waals surface area (Å²) in [6.07, 6.45) is 2.84. The van der Waals surface area contributed by atoms with Gasteiger partial charge >= 0.3 is 0 Å². The first-order valence-electron chi connectivity index (χ1n) is 6.72. The first-order valence-corrected chi connectivity index (χ1v) is 8.56. The maximum atomic E-state index is 13.1. The molecule has 0 aliphatic carbocycles. The van der Waals surface area contributed by atoms with Crippen LogP contribution in [0.15, 0.2) is 36.4 Å². The third-order valence-corrected chi connectivity index (χ3v) is 4.32. The Bertz CT molecular complexity index is 794. The van der Waals surface area contributed by atoms with Crippen molar-refractivity contribution in [3.8, 4) is 11.5 Å². The highest BCUT2D eigenvalue weighted by Gasteiger charge is 2.12. The fourth-order valence-corrected chi connectivity index (χ4v) is 2.99. The van der Waals surface area contributed by atoms with Gasteiger partial charge in [-0.3, -0.25) is 4.79 Å². The molecule has 0 atom stereocenters. The number of ether oxygens (including phenoxy) is 2. The number of methoxy groups -OCH3 is 1. The molecule has 2 aromatic rings. The van der Waals surface area contributed by atoms with Crippen LogP contribution in [0.2, 0.25) is 5.02 Å². The van der Waals surface area contributed by atoms with Crippen LogP contribution >= 0.6 is 45.8 Å². The predicted octanol–water partition coefficient (Wildman–Crippen LogP) is 5.45. The fraction of sp³-hybridized carbons (Fsp3) is 0.118. The minimum atomic E-state index is -0.560. The molecule has 126 valence electrons. The lowest BCUT2D eigenvalue weighted by molar-refractivity contribution is -0.107. The molecule has 3 nitrogen and oxygen atoms in total. The van der Waals surface area contributed by atoms with Crippen molar-refractivity contribution in [2.24, 2.45) is 0 Å². The molecule has 0 saturated heterocycles. The SMILES string of the molecule is COc1cc(/C=C/C(=O)Cl)cc(I)c1OCc1ccc(F)cc1Cl. The van der Waals surface area contributed by atoms with E-state index in [0.717, 1.165) is 9.13 Å². The maximum absolute atomic E-state index is 13.1.